The zero-order valence-electron chi connectivity index (χ0n) is 9.22. The van der Waals surface area contributed by atoms with Crippen LogP contribution in [0.2, 0.25) is 0 Å². The molecule has 2 aliphatic rings. The summed E-state index contributed by atoms with van der Waals surface area (Å²) in [7, 11) is 0. The fourth-order valence-corrected chi connectivity index (χ4v) is 1.49. The van der Waals surface area contributed by atoms with Crippen LogP contribution in [0.1, 0.15) is 0 Å². The summed E-state index contributed by atoms with van der Waals surface area (Å²) in [6, 6.07) is 0. The van der Waals surface area contributed by atoms with Crippen molar-refractivity contribution >= 4 is 12.2 Å². The van der Waals surface area contributed by atoms with Gasteiger partial charge in [0.05, 0.1) is 0 Å². The zero-order chi connectivity index (χ0) is 13.1. The van der Waals surface area contributed by atoms with E-state index in [1.165, 1.54) is 24.8 Å². The molecule has 0 spiro atoms. The molecule has 92 valence electrons. The topological polar surface area (TPSA) is 81.1 Å². The third kappa shape index (κ3) is 2.32. The highest BCUT2D eigenvalue weighted by atomic mass is 16.4. The molecule has 2 N–H and O–H groups in total. The maximum absolute atomic E-state index is 10.7. The standard InChI is InChI=1S/C12H10N2O4/c15-11(16)13-5-1-9(2-6-13)10-3-7-14(8-4-10)12(17)18/h1-8H,(H,15,16)(H,17,18). The molecular formula is C12H10N2O4. The van der Waals surface area contributed by atoms with Crippen LogP contribution in [0.25, 0.3) is 0 Å². The Labute approximate surface area is 103 Å². The minimum atomic E-state index is -1.06. The molecule has 0 fully saturated rings. The molecule has 18 heavy (non-hydrogen) atoms. The van der Waals surface area contributed by atoms with E-state index in [9.17, 15) is 9.59 Å². The van der Waals surface area contributed by atoms with Crippen LogP contribution in [0, 0.1) is 0 Å². The van der Waals surface area contributed by atoms with E-state index in [0.29, 0.717) is 0 Å². The summed E-state index contributed by atoms with van der Waals surface area (Å²) >= 11 is 0. The Balaban J connectivity index is 2.18. The van der Waals surface area contributed by atoms with Gasteiger partial charge in [0.25, 0.3) is 0 Å². The molecule has 0 aromatic carbocycles. The molecule has 2 rings (SSSR count). The number of amides is 2. The maximum Gasteiger partial charge on any atom is 0.415 e. The first-order chi connectivity index (χ1) is 8.58. The summed E-state index contributed by atoms with van der Waals surface area (Å²) < 4.78 is 0. The minimum Gasteiger partial charge on any atom is -0.464 e. The monoisotopic (exact) mass is 246 g/mol. The van der Waals surface area contributed by atoms with E-state index in [-0.39, 0.29) is 0 Å². The third-order valence-electron chi connectivity index (χ3n) is 2.43. The van der Waals surface area contributed by atoms with Crippen molar-refractivity contribution in [3.63, 3.8) is 0 Å². The number of allylic oxidation sites excluding steroid dienone is 6. The summed E-state index contributed by atoms with van der Waals surface area (Å²) in [4.78, 5) is 23.4. The molecule has 0 saturated carbocycles. The molecule has 2 amide bonds. The molecule has 2 aliphatic heterocycles. The molecule has 0 radical (unpaired) electrons. The van der Waals surface area contributed by atoms with Crippen LogP contribution in [0.4, 0.5) is 9.59 Å². The van der Waals surface area contributed by atoms with Gasteiger partial charge >= 0.3 is 12.2 Å². The summed E-state index contributed by atoms with van der Waals surface area (Å²) in [5.41, 5.74) is 1.62. The third-order valence-corrected chi connectivity index (χ3v) is 2.43. The lowest BCUT2D eigenvalue weighted by Crippen LogP contribution is -2.19. The van der Waals surface area contributed by atoms with Gasteiger partial charge in [-0.05, 0) is 35.5 Å². The van der Waals surface area contributed by atoms with Crippen molar-refractivity contribution in [2.45, 2.75) is 0 Å². The van der Waals surface area contributed by atoms with E-state index in [0.717, 1.165) is 20.9 Å². The van der Waals surface area contributed by atoms with E-state index in [4.69, 9.17) is 10.2 Å². The first kappa shape index (κ1) is 11.7. The SMILES string of the molecule is O=C(O)N1C=CC(=C2C=CN(C(=O)O)C=C2)C=C1. The molecule has 6 heteroatoms. The molecule has 0 atom stereocenters. The lowest BCUT2D eigenvalue weighted by atomic mass is 10.1. The van der Waals surface area contributed by atoms with Crippen molar-refractivity contribution in [2.75, 3.05) is 0 Å². The van der Waals surface area contributed by atoms with Crippen LogP contribution in [0.15, 0.2) is 60.3 Å². The second-order valence-electron chi connectivity index (χ2n) is 3.55. The summed E-state index contributed by atoms with van der Waals surface area (Å²) in [6.45, 7) is 0. The normalized spacial score (nSPS) is 17.6. The molecule has 0 bridgehead atoms. The summed E-state index contributed by atoms with van der Waals surface area (Å²) in [5, 5.41) is 17.5. The Hall–Kier alpha value is -2.76. The van der Waals surface area contributed by atoms with Gasteiger partial charge in [-0.25, -0.2) is 9.59 Å². The smallest absolute Gasteiger partial charge is 0.415 e. The fourth-order valence-electron chi connectivity index (χ4n) is 1.49. The Bertz CT molecular complexity index is 460. The van der Waals surface area contributed by atoms with Gasteiger partial charge in [-0.2, -0.15) is 0 Å². The first-order valence-corrected chi connectivity index (χ1v) is 5.07. The van der Waals surface area contributed by atoms with Crippen LogP contribution in [-0.4, -0.2) is 32.2 Å². The lowest BCUT2D eigenvalue weighted by Gasteiger charge is -2.16. The molecule has 0 saturated heterocycles. The number of nitrogens with zero attached hydrogens (tertiary/aromatic N) is 2. The van der Waals surface area contributed by atoms with Gasteiger partial charge in [0.15, 0.2) is 0 Å². The van der Waals surface area contributed by atoms with E-state index in [1.54, 1.807) is 24.3 Å². The van der Waals surface area contributed by atoms with Crippen LogP contribution in [0.3, 0.4) is 0 Å². The number of carboxylic acid groups (broad SMARTS) is 2. The maximum atomic E-state index is 10.7. The Morgan fingerprint density at radius 2 is 1.00 bits per heavy atom. The van der Waals surface area contributed by atoms with Crippen molar-refractivity contribution in [2.24, 2.45) is 0 Å². The average molecular weight is 246 g/mol. The quantitative estimate of drug-likeness (QED) is 0.687. The Morgan fingerprint density at radius 3 is 1.22 bits per heavy atom. The Morgan fingerprint density at radius 1 is 0.722 bits per heavy atom. The number of rotatable bonds is 0. The highest BCUT2D eigenvalue weighted by molar-refractivity contribution is 5.70. The van der Waals surface area contributed by atoms with Gasteiger partial charge in [0.2, 0.25) is 0 Å². The second kappa shape index (κ2) is 4.62. The predicted molar refractivity (Wildman–Crippen MR) is 63.3 cm³/mol. The number of hydrogen-bond donors (Lipinski definition) is 2. The molecule has 0 aliphatic carbocycles. The first-order valence-electron chi connectivity index (χ1n) is 5.07. The van der Waals surface area contributed by atoms with Crippen LogP contribution in [0.5, 0.6) is 0 Å². The van der Waals surface area contributed by atoms with Gasteiger partial charge < -0.3 is 10.2 Å². The van der Waals surface area contributed by atoms with Crippen molar-refractivity contribution < 1.29 is 19.8 Å². The molecule has 6 nitrogen and oxygen atoms in total. The van der Waals surface area contributed by atoms with Gasteiger partial charge in [-0.3, -0.25) is 9.80 Å². The fraction of sp³-hybridized carbons (Fsp3) is 0. The number of carbonyl (C=O) groups is 2. The summed E-state index contributed by atoms with van der Waals surface area (Å²) in [6.07, 6.45) is 10.2. The molecular weight excluding hydrogens is 236 g/mol. The van der Waals surface area contributed by atoms with Crippen molar-refractivity contribution in [3.8, 4) is 0 Å². The van der Waals surface area contributed by atoms with Gasteiger partial charge in [0, 0.05) is 24.8 Å². The van der Waals surface area contributed by atoms with Gasteiger partial charge in [-0.1, -0.05) is 0 Å². The average Bonchev–Trinajstić information content (AvgIpc) is 2.39. The van der Waals surface area contributed by atoms with Crippen LogP contribution < -0.4 is 0 Å². The Kier molecular flexibility index (Phi) is 3.01. The van der Waals surface area contributed by atoms with Crippen molar-refractivity contribution in [1.29, 1.82) is 0 Å². The van der Waals surface area contributed by atoms with Gasteiger partial charge in [0.1, 0.15) is 0 Å². The van der Waals surface area contributed by atoms with E-state index in [1.807, 2.05) is 0 Å². The largest absolute Gasteiger partial charge is 0.464 e. The van der Waals surface area contributed by atoms with E-state index < -0.39 is 12.2 Å². The molecule has 2 heterocycles. The highest BCUT2D eigenvalue weighted by Crippen LogP contribution is 2.19. The van der Waals surface area contributed by atoms with Crippen LogP contribution in [-0.2, 0) is 0 Å². The van der Waals surface area contributed by atoms with E-state index in [2.05, 4.69) is 0 Å². The van der Waals surface area contributed by atoms with Crippen molar-refractivity contribution in [1.82, 2.24) is 9.80 Å². The lowest BCUT2D eigenvalue weighted by molar-refractivity contribution is 0.174. The summed E-state index contributed by atoms with van der Waals surface area (Å²) in [5.74, 6) is 0. The highest BCUT2D eigenvalue weighted by Gasteiger charge is 2.11. The van der Waals surface area contributed by atoms with Crippen molar-refractivity contribution in [3.05, 3.63) is 60.3 Å². The van der Waals surface area contributed by atoms with Gasteiger partial charge in [-0.15, -0.1) is 0 Å². The molecule has 0 aromatic rings. The number of hydrogen-bond acceptors (Lipinski definition) is 2. The predicted octanol–water partition coefficient (Wildman–Crippen LogP) is 2.33. The molecule has 0 unspecified atom stereocenters. The van der Waals surface area contributed by atoms with E-state index >= 15 is 0 Å². The zero-order valence-corrected chi connectivity index (χ0v) is 9.22. The minimum absolute atomic E-state index is 0.810. The van der Waals surface area contributed by atoms with Crippen LogP contribution >= 0.6 is 0 Å². The molecule has 0 aromatic heterocycles. The second-order valence-corrected chi connectivity index (χ2v) is 3.55.